The van der Waals surface area contributed by atoms with Crippen LogP contribution in [-0.4, -0.2) is 9.13 Å². The zero-order valence-electron chi connectivity index (χ0n) is 21.8. The summed E-state index contributed by atoms with van der Waals surface area (Å²) in [6.07, 6.45) is 0. The Bertz CT molecular complexity index is 2250. The zero-order valence-corrected chi connectivity index (χ0v) is 21.8. The fourth-order valence-corrected chi connectivity index (χ4v) is 6.79. The lowest BCUT2D eigenvalue weighted by molar-refractivity contribution is 1.15. The van der Waals surface area contributed by atoms with Gasteiger partial charge in [0.15, 0.2) is 0 Å². The monoisotopic (exact) mass is 508 g/mol. The van der Waals surface area contributed by atoms with Gasteiger partial charge >= 0.3 is 0 Å². The van der Waals surface area contributed by atoms with Gasteiger partial charge in [0, 0.05) is 32.9 Å². The van der Waals surface area contributed by atoms with Crippen LogP contribution in [0.4, 0.5) is 0 Å². The van der Waals surface area contributed by atoms with Gasteiger partial charge in [0.2, 0.25) is 0 Å². The third-order valence-electron chi connectivity index (χ3n) is 8.49. The molecule has 186 valence electrons. The maximum atomic E-state index is 2.40. The van der Waals surface area contributed by atoms with Crippen LogP contribution in [0, 0.1) is 0 Å². The molecule has 0 fully saturated rings. The highest BCUT2D eigenvalue weighted by Gasteiger charge is 2.16. The van der Waals surface area contributed by atoms with Crippen LogP contribution in [0.25, 0.3) is 76.5 Å². The SMILES string of the molecule is c1ccc2c(c1)ccc1c2c2ccccc2n1-c1ccc(-n2c3ccccc3c3c4ccccc4ccc32)cc1. The average Bonchev–Trinajstić information content (AvgIpc) is 3.55. The second kappa shape index (κ2) is 8.08. The van der Waals surface area contributed by atoms with E-state index in [0.29, 0.717) is 0 Å². The van der Waals surface area contributed by atoms with Crippen molar-refractivity contribution in [2.24, 2.45) is 0 Å². The predicted octanol–water partition coefficient (Wildman–Crippen LogP) is 10.2. The molecule has 2 aromatic heterocycles. The Morgan fingerprint density at radius 1 is 0.275 bits per heavy atom. The molecule has 0 N–H and O–H groups in total. The van der Waals surface area contributed by atoms with E-state index in [4.69, 9.17) is 0 Å². The molecule has 0 aliphatic heterocycles. The number of hydrogen-bond donors (Lipinski definition) is 0. The number of fused-ring (bicyclic) bond motifs is 10. The van der Waals surface area contributed by atoms with Crippen LogP contribution in [0.5, 0.6) is 0 Å². The zero-order chi connectivity index (χ0) is 26.2. The molecule has 0 saturated heterocycles. The average molecular weight is 509 g/mol. The van der Waals surface area contributed by atoms with E-state index in [1.165, 1.54) is 65.2 Å². The summed E-state index contributed by atoms with van der Waals surface area (Å²) in [7, 11) is 0. The van der Waals surface area contributed by atoms with Gasteiger partial charge in [-0.3, -0.25) is 0 Å². The Hall–Kier alpha value is -5.34. The van der Waals surface area contributed by atoms with Crippen molar-refractivity contribution >= 4 is 65.2 Å². The molecule has 0 amide bonds. The Labute approximate surface area is 230 Å². The highest BCUT2D eigenvalue weighted by Crippen LogP contribution is 2.39. The highest BCUT2D eigenvalue weighted by molar-refractivity contribution is 6.22. The lowest BCUT2D eigenvalue weighted by Crippen LogP contribution is -1.97. The minimum absolute atomic E-state index is 1.16. The molecule has 2 nitrogen and oxygen atoms in total. The first-order valence-electron chi connectivity index (χ1n) is 13.8. The fraction of sp³-hybridized carbons (Fsp3) is 0. The van der Waals surface area contributed by atoms with Crippen molar-refractivity contribution in [3.05, 3.63) is 146 Å². The summed E-state index contributed by atoms with van der Waals surface area (Å²) < 4.78 is 4.81. The van der Waals surface area contributed by atoms with E-state index in [9.17, 15) is 0 Å². The van der Waals surface area contributed by atoms with Crippen molar-refractivity contribution in [2.45, 2.75) is 0 Å². The highest BCUT2D eigenvalue weighted by atomic mass is 15.0. The van der Waals surface area contributed by atoms with E-state index in [1.807, 2.05) is 0 Å². The van der Waals surface area contributed by atoms with Crippen molar-refractivity contribution in [1.29, 1.82) is 0 Å². The Kier molecular flexibility index (Phi) is 4.36. The number of hydrogen-bond acceptors (Lipinski definition) is 0. The Morgan fingerprint density at radius 2 is 0.650 bits per heavy atom. The predicted molar refractivity (Wildman–Crippen MR) is 170 cm³/mol. The summed E-state index contributed by atoms with van der Waals surface area (Å²) >= 11 is 0. The minimum atomic E-state index is 1.16. The molecule has 40 heavy (non-hydrogen) atoms. The molecular formula is C38H24N2. The van der Waals surface area contributed by atoms with Crippen molar-refractivity contribution in [2.75, 3.05) is 0 Å². The molecule has 0 bridgehead atoms. The molecule has 0 unspecified atom stereocenters. The lowest BCUT2D eigenvalue weighted by Gasteiger charge is -2.12. The molecule has 9 aromatic rings. The molecule has 9 rings (SSSR count). The summed E-state index contributed by atoms with van der Waals surface area (Å²) in [5, 5.41) is 10.3. The summed E-state index contributed by atoms with van der Waals surface area (Å²) in [6.45, 7) is 0. The van der Waals surface area contributed by atoms with Crippen LogP contribution < -0.4 is 0 Å². The second-order valence-corrected chi connectivity index (χ2v) is 10.6. The molecule has 7 aromatic carbocycles. The van der Waals surface area contributed by atoms with Gasteiger partial charge in [-0.25, -0.2) is 0 Å². The normalized spacial score (nSPS) is 12.0. The van der Waals surface area contributed by atoms with E-state index < -0.39 is 0 Å². The van der Waals surface area contributed by atoms with Gasteiger partial charge in [-0.2, -0.15) is 0 Å². The van der Waals surface area contributed by atoms with Gasteiger partial charge in [-0.1, -0.05) is 97.1 Å². The third kappa shape index (κ3) is 2.88. The molecule has 2 heterocycles. The standard InChI is InChI=1S/C38H24N2/c1-3-11-29-25(9-1)17-23-35-37(29)31-13-5-7-15-33(31)39(35)27-19-21-28(22-20-27)40-34-16-8-6-14-32(34)38-30-12-4-2-10-26(30)18-24-36(38)40/h1-24H. The Balaban J connectivity index is 1.29. The molecule has 0 aliphatic carbocycles. The molecule has 0 atom stereocenters. The van der Waals surface area contributed by atoms with Crippen LogP contribution in [0.1, 0.15) is 0 Å². The molecule has 0 radical (unpaired) electrons. The smallest absolute Gasteiger partial charge is 0.0547 e. The first kappa shape index (κ1) is 21.6. The van der Waals surface area contributed by atoms with Crippen molar-refractivity contribution in [3.63, 3.8) is 0 Å². The fourth-order valence-electron chi connectivity index (χ4n) is 6.79. The van der Waals surface area contributed by atoms with Crippen LogP contribution in [0.15, 0.2) is 146 Å². The third-order valence-corrected chi connectivity index (χ3v) is 8.49. The summed E-state index contributed by atoms with van der Waals surface area (Å²) in [5.74, 6) is 0. The summed E-state index contributed by atoms with van der Waals surface area (Å²) in [4.78, 5) is 0. The van der Waals surface area contributed by atoms with Crippen molar-refractivity contribution < 1.29 is 0 Å². The van der Waals surface area contributed by atoms with E-state index >= 15 is 0 Å². The molecule has 0 spiro atoms. The first-order chi connectivity index (χ1) is 19.9. The number of aromatic nitrogens is 2. The van der Waals surface area contributed by atoms with Gasteiger partial charge in [-0.15, -0.1) is 0 Å². The molecule has 2 heteroatoms. The number of nitrogens with zero attached hydrogens (tertiary/aromatic N) is 2. The molecule has 0 aliphatic rings. The lowest BCUT2D eigenvalue weighted by atomic mass is 10.0. The van der Waals surface area contributed by atoms with Crippen molar-refractivity contribution in [3.8, 4) is 11.4 Å². The van der Waals surface area contributed by atoms with Crippen LogP contribution >= 0.6 is 0 Å². The maximum Gasteiger partial charge on any atom is 0.0547 e. The van der Waals surface area contributed by atoms with Crippen LogP contribution in [-0.2, 0) is 0 Å². The number of rotatable bonds is 2. The Morgan fingerprint density at radius 3 is 1.10 bits per heavy atom. The number of para-hydroxylation sites is 2. The minimum Gasteiger partial charge on any atom is -0.309 e. The number of benzene rings is 7. The molecular weight excluding hydrogens is 484 g/mol. The van der Waals surface area contributed by atoms with Crippen molar-refractivity contribution in [1.82, 2.24) is 9.13 Å². The topological polar surface area (TPSA) is 9.86 Å². The first-order valence-corrected chi connectivity index (χ1v) is 13.8. The van der Waals surface area contributed by atoms with E-state index in [-0.39, 0.29) is 0 Å². The van der Waals surface area contributed by atoms with Gasteiger partial charge in [0.25, 0.3) is 0 Å². The van der Waals surface area contributed by atoms with Crippen LogP contribution in [0.3, 0.4) is 0 Å². The van der Waals surface area contributed by atoms with Gasteiger partial charge < -0.3 is 9.13 Å². The van der Waals surface area contributed by atoms with Gasteiger partial charge in [0.05, 0.1) is 22.1 Å². The maximum absolute atomic E-state index is 2.40. The van der Waals surface area contributed by atoms with Gasteiger partial charge in [0.1, 0.15) is 0 Å². The quantitative estimate of drug-likeness (QED) is 0.220. The summed E-state index contributed by atoms with van der Waals surface area (Å²) in [5.41, 5.74) is 7.25. The van der Waals surface area contributed by atoms with Crippen LogP contribution in [0.2, 0.25) is 0 Å². The van der Waals surface area contributed by atoms with Gasteiger partial charge in [-0.05, 0) is 70.1 Å². The summed E-state index contributed by atoms with van der Waals surface area (Å²) in [6, 6.07) is 53.0. The molecule has 0 saturated carbocycles. The van der Waals surface area contributed by atoms with E-state index in [0.717, 1.165) is 11.4 Å². The largest absolute Gasteiger partial charge is 0.309 e. The van der Waals surface area contributed by atoms with E-state index in [1.54, 1.807) is 0 Å². The second-order valence-electron chi connectivity index (χ2n) is 10.6. The van der Waals surface area contributed by atoms with E-state index in [2.05, 4.69) is 155 Å².